The number of anilines is 4. The molecule has 0 bridgehead atoms. The maximum atomic E-state index is 11.1. The van der Waals surface area contributed by atoms with Crippen molar-refractivity contribution in [1.82, 2.24) is 4.98 Å². The number of benzene rings is 1. The Labute approximate surface area is 124 Å². The lowest BCUT2D eigenvalue weighted by Gasteiger charge is -2.13. The first-order valence-corrected chi connectivity index (χ1v) is 8.21. The average molecular weight is 306 g/mol. The van der Waals surface area contributed by atoms with Crippen LogP contribution in [-0.4, -0.2) is 33.8 Å². The fraction of sp³-hybridized carbons (Fsp3) is 0.214. The van der Waals surface area contributed by atoms with Gasteiger partial charge in [-0.1, -0.05) is 0 Å². The summed E-state index contributed by atoms with van der Waals surface area (Å²) < 4.78 is 24.5. The van der Waals surface area contributed by atoms with Gasteiger partial charge in [-0.3, -0.25) is 4.72 Å². The van der Waals surface area contributed by atoms with Crippen LogP contribution < -0.4 is 14.9 Å². The minimum atomic E-state index is -3.30. The van der Waals surface area contributed by atoms with Crippen LogP contribution in [0, 0.1) is 0 Å². The van der Waals surface area contributed by atoms with Crippen LogP contribution in [0.3, 0.4) is 0 Å². The monoisotopic (exact) mass is 306 g/mol. The molecule has 1 aromatic heterocycles. The van der Waals surface area contributed by atoms with Crippen LogP contribution in [0.5, 0.6) is 0 Å². The van der Waals surface area contributed by atoms with Gasteiger partial charge in [0.05, 0.1) is 18.1 Å². The Morgan fingerprint density at radius 2 is 1.62 bits per heavy atom. The van der Waals surface area contributed by atoms with Crippen molar-refractivity contribution in [2.24, 2.45) is 0 Å². The van der Waals surface area contributed by atoms with Gasteiger partial charge in [0.1, 0.15) is 5.82 Å². The third-order valence-electron chi connectivity index (χ3n) is 2.73. The number of pyridine rings is 1. The van der Waals surface area contributed by atoms with Gasteiger partial charge in [0, 0.05) is 25.5 Å². The number of rotatable bonds is 5. The van der Waals surface area contributed by atoms with Crippen molar-refractivity contribution in [3.05, 3.63) is 42.6 Å². The van der Waals surface area contributed by atoms with Crippen LogP contribution in [0.25, 0.3) is 0 Å². The van der Waals surface area contributed by atoms with E-state index in [0.717, 1.165) is 23.3 Å². The summed E-state index contributed by atoms with van der Waals surface area (Å²) in [6.45, 7) is 0. The van der Waals surface area contributed by atoms with Crippen molar-refractivity contribution in [1.29, 1.82) is 0 Å². The second kappa shape index (κ2) is 6.01. The molecule has 0 spiro atoms. The summed E-state index contributed by atoms with van der Waals surface area (Å²) >= 11 is 0. The Balaban J connectivity index is 2.06. The number of nitrogens with zero attached hydrogens (tertiary/aromatic N) is 2. The Kier molecular flexibility index (Phi) is 4.32. The van der Waals surface area contributed by atoms with E-state index in [9.17, 15) is 8.42 Å². The quantitative estimate of drug-likeness (QED) is 0.886. The molecule has 0 aliphatic carbocycles. The first-order chi connectivity index (χ1) is 9.83. The number of hydrogen-bond acceptors (Lipinski definition) is 5. The van der Waals surface area contributed by atoms with E-state index >= 15 is 0 Å². The zero-order valence-corrected chi connectivity index (χ0v) is 13.0. The van der Waals surface area contributed by atoms with Gasteiger partial charge in [-0.05, 0) is 36.4 Å². The molecule has 0 radical (unpaired) electrons. The largest absolute Gasteiger partial charge is 0.378 e. The fourth-order valence-corrected chi connectivity index (χ4v) is 2.23. The third-order valence-corrected chi connectivity index (χ3v) is 3.31. The van der Waals surface area contributed by atoms with Gasteiger partial charge >= 0.3 is 0 Å². The minimum absolute atomic E-state index is 0.297. The molecule has 2 aromatic rings. The van der Waals surface area contributed by atoms with Gasteiger partial charge < -0.3 is 10.2 Å². The molecule has 0 atom stereocenters. The molecule has 6 nitrogen and oxygen atoms in total. The van der Waals surface area contributed by atoms with Crippen LogP contribution in [0.1, 0.15) is 0 Å². The molecular weight excluding hydrogens is 288 g/mol. The smallest absolute Gasteiger partial charge is 0.230 e. The lowest BCUT2D eigenvalue weighted by Crippen LogP contribution is -2.10. The third kappa shape index (κ3) is 4.64. The van der Waals surface area contributed by atoms with Gasteiger partial charge in [0.15, 0.2) is 0 Å². The van der Waals surface area contributed by atoms with Gasteiger partial charge in [-0.2, -0.15) is 0 Å². The van der Waals surface area contributed by atoms with Gasteiger partial charge in [-0.25, -0.2) is 13.4 Å². The molecule has 0 aliphatic heterocycles. The Bertz CT molecular complexity index is 695. The van der Waals surface area contributed by atoms with Crippen molar-refractivity contribution in [3.63, 3.8) is 0 Å². The van der Waals surface area contributed by atoms with E-state index in [1.807, 2.05) is 43.3 Å². The maximum absolute atomic E-state index is 11.1. The first-order valence-electron chi connectivity index (χ1n) is 6.32. The molecule has 0 aliphatic rings. The van der Waals surface area contributed by atoms with Crippen molar-refractivity contribution in [3.8, 4) is 0 Å². The highest BCUT2D eigenvalue weighted by Gasteiger charge is 2.03. The Morgan fingerprint density at radius 3 is 2.10 bits per heavy atom. The molecule has 2 N–H and O–H groups in total. The van der Waals surface area contributed by atoms with Gasteiger partial charge in [0.2, 0.25) is 10.0 Å². The summed E-state index contributed by atoms with van der Waals surface area (Å²) in [5.74, 6) is 0.297. The summed E-state index contributed by atoms with van der Waals surface area (Å²) in [4.78, 5) is 6.07. The predicted octanol–water partition coefficient (Wildman–Crippen LogP) is 2.26. The van der Waals surface area contributed by atoms with E-state index in [1.165, 1.54) is 0 Å². The molecule has 0 unspecified atom stereocenters. The highest BCUT2D eigenvalue weighted by molar-refractivity contribution is 7.92. The molecule has 1 aromatic carbocycles. The highest BCUT2D eigenvalue weighted by atomic mass is 32.2. The van der Waals surface area contributed by atoms with Crippen molar-refractivity contribution < 1.29 is 8.42 Å². The standard InChI is InChI=1S/C14H18N4O2S/c1-18(2)13-7-4-11(5-8-13)16-12-6-9-14(15-10-12)17-21(3,19)20/h4-10,16H,1-3H3,(H,15,17). The molecule has 0 saturated carbocycles. The lowest BCUT2D eigenvalue weighted by atomic mass is 10.2. The van der Waals surface area contributed by atoms with Gasteiger partial charge in [0.25, 0.3) is 0 Å². The Hall–Kier alpha value is -2.28. The lowest BCUT2D eigenvalue weighted by molar-refractivity contribution is 0.606. The van der Waals surface area contributed by atoms with E-state index in [2.05, 4.69) is 15.0 Å². The van der Waals surface area contributed by atoms with E-state index in [-0.39, 0.29) is 0 Å². The summed E-state index contributed by atoms with van der Waals surface area (Å²) in [6, 6.07) is 11.3. The number of nitrogens with one attached hydrogen (secondary N) is 2. The van der Waals surface area contributed by atoms with Crippen molar-refractivity contribution >= 4 is 32.9 Å². The van der Waals surface area contributed by atoms with Crippen molar-refractivity contribution in [2.45, 2.75) is 0 Å². The van der Waals surface area contributed by atoms with Crippen molar-refractivity contribution in [2.75, 3.05) is 35.3 Å². The summed E-state index contributed by atoms with van der Waals surface area (Å²) in [5.41, 5.74) is 2.84. The predicted molar refractivity (Wildman–Crippen MR) is 86.8 cm³/mol. The Morgan fingerprint density at radius 1 is 1.00 bits per heavy atom. The fourth-order valence-electron chi connectivity index (χ4n) is 1.73. The van der Waals surface area contributed by atoms with Crippen LogP contribution in [0.4, 0.5) is 22.9 Å². The molecule has 0 amide bonds. The molecule has 112 valence electrons. The second-order valence-electron chi connectivity index (χ2n) is 4.87. The topological polar surface area (TPSA) is 74.3 Å². The van der Waals surface area contributed by atoms with Crippen LogP contribution in [-0.2, 0) is 10.0 Å². The molecule has 2 rings (SSSR count). The number of sulfonamides is 1. The summed E-state index contributed by atoms with van der Waals surface area (Å²) in [6.07, 6.45) is 2.67. The highest BCUT2D eigenvalue weighted by Crippen LogP contribution is 2.20. The molecule has 21 heavy (non-hydrogen) atoms. The van der Waals surface area contributed by atoms with Gasteiger partial charge in [-0.15, -0.1) is 0 Å². The average Bonchev–Trinajstić information content (AvgIpc) is 2.40. The zero-order valence-electron chi connectivity index (χ0n) is 12.2. The zero-order chi connectivity index (χ0) is 15.5. The summed E-state index contributed by atoms with van der Waals surface area (Å²) in [7, 11) is 0.673. The minimum Gasteiger partial charge on any atom is -0.378 e. The van der Waals surface area contributed by atoms with E-state index < -0.39 is 10.0 Å². The molecule has 1 heterocycles. The van der Waals surface area contributed by atoms with Crippen LogP contribution in [0.2, 0.25) is 0 Å². The molecule has 0 fully saturated rings. The normalized spacial score (nSPS) is 11.0. The number of hydrogen-bond donors (Lipinski definition) is 2. The van der Waals surface area contributed by atoms with Crippen LogP contribution >= 0.6 is 0 Å². The van der Waals surface area contributed by atoms with E-state index in [0.29, 0.717) is 5.82 Å². The molecule has 7 heteroatoms. The second-order valence-corrected chi connectivity index (χ2v) is 6.62. The summed E-state index contributed by atoms with van der Waals surface area (Å²) in [5, 5.41) is 3.20. The maximum Gasteiger partial charge on any atom is 0.230 e. The van der Waals surface area contributed by atoms with Crippen LogP contribution in [0.15, 0.2) is 42.6 Å². The molecular formula is C14H18N4O2S. The number of aromatic nitrogens is 1. The first kappa shape index (κ1) is 15.1. The van der Waals surface area contributed by atoms with E-state index in [4.69, 9.17) is 0 Å². The SMILES string of the molecule is CN(C)c1ccc(Nc2ccc(NS(C)(=O)=O)nc2)cc1. The van der Waals surface area contributed by atoms with E-state index in [1.54, 1.807) is 18.3 Å². The molecule has 0 saturated heterocycles.